The van der Waals surface area contributed by atoms with Crippen LogP contribution >= 0.6 is 15.9 Å². The van der Waals surface area contributed by atoms with E-state index in [0.717, 1.165) is 10.0 Å². The van der Waals surface area contributed by atoms with Crippen molar-refractivity contribution in [1.82, 2.24) is 5.32 Å². The molecule has 1 atom stereocenters. The fourth-order valence-corrected chi connectivity index (χ4v) is 1.48. The number of halogens is 1. The van der Waals surface area contributed by atoms with E-state index >= 15 is 0 Å². The number of benzene rings is 1. The van der Waals surface area contributed by atoms with Crippen LogP contribution in [0.4, 0.5) is 0 Å². The number of aliphatic carboxylic acids is 1. The molecule has 1 aromatic carbocycles. The van der Waals surface area contributed by atoms with Crippen molar-refractivity contribution in [2.45, 2.75) is 12.5 Å². The van der Waals surface area contributed by atoms with Crippen LogP contribution in [0.2, 0.25) is 0 Å². The minimum absolute atomic E-state index is 0.0804. The monoisotopic (exact) mass is 301 g/mol. The van der Waals surface area contributed by atoms with Gasteiger partial charge in [-0.1, -0.05) is 28.1 Å². The van der Waals surface area contributed by atoms with Gasteiger partial charge in [-0.3, -0.25) is 4.79 Å². The normalized spacial score (nSPS) is 11.9. The first-order chi connectivity index (χ1) is 8.02. The molecule has 5 nitrogen and oxygen atoms in total. The summed E-state index contributed by atoms with van der Waals surface area (Å²) < 4.78 is 0.903. The molecular weight excluding hydrogens is 290 g/mol. The Hall–Kier alpha value is -1.40. The van der Waals surface area contributed by atoms with E-state index < -0.39 is 24.5 Å². The quantitative estimate of drug-likeness (QED) is 0.741. The van der Waals surface area contributed by atoms with Gasteiger partial charge in [0.25, 0.3) is 0 Å². The van der Waals surface area contributed by atoms with E-state index in [2.05, 4.69) is 21.2 Å². The maximum atomic E-state index is 11.5. The molecule has 1 amide bonds. The van der Waals surface area contributed by atoms with E-state index in [-0.39, 0.29) is 6.42 Å². The molecule has 0 radical (unpaired) electrons. The molecule has 0 bridgehead atoms. The molecule has 0 aromatic heterocycles. The van der Waals surface area contributed by atoms with Crippen LogP contribution in [0.5, 0.6) is 0 Å². The van der Waals surface area contributed by atoms with Crippen molar-refractivity contribution in [2.75, 3.05) is 6.61 Å². The fraction of sp³-hybridized carbons (Fsp3) is 0.273. The molecular formula is C11H12BrNO4. The number of amides is 1. The summed E-state index contributed by atoms with van der Waals surface area (Å²) in [6.07, 6.45) is 0.0804. The summed E-state index contributed by atoms with van der Waals surface area (Å²) in [5, 5.41) is 19.6. The van der Waals surface area contributed by atoms with Gasteiger partial charge < -0.3 is 15.5 Å². The van der Waals surface area contributed by atoms with Gasteiger partial charge in [-0.05, 0) is 17.7 Å². The lowest BCUT2D eigenvalue weighted by Gasteiger charge is -2.11. The highest BCUT2D eigenvalue weighted by Gasteiger charge is 2.18. The van der Waals surface area contributed by atoms with Crippen LogP contribution in [0.25, 0.3) is 0 Å². The van der Waals surface area contributed by atoms with Crippen molar-refractivity contribution in [1.29, 1.82) is 0 Å². The molecule has 3 N–H and O–H groups in total. The zero-order valence-electron chi connectivity index (χ0n) is 8.89. The lowest BCUT2D eigenvalue weighted by molar-refractivity contribution is -0.142. The molecule has 0 aliphatic heterocycles. The lowest BCUT2D eigenvalue weighted by atomic mass is 10.1. The molecule has 0 aliphatic carbocycles. The zero-order chi connectivity index (χ0) is 12.8. The van der Waals surface area contributed by atoms with Gasteiger partial charge in [0.2, 0.25) is 5.91 Å². The second-order valence-electron chi connectivity index (χ2n) is 3.44. The Morgan fingerprint density at radius 2 is 1.88 bits per heavy atom. The first-order valence-electron chi connectivity index (χ1n) is 4.90. The van der Waals surface area contributed by atoms with Gasteiger partial charge in [0.1, 0.15) is 6.04 Å². The summed E-state index contributed by atoms with van der Waals surface area (Å²) in [4.78, 5) is 22.1. The van der Waals surface area contributed by atoms with Gasteiger partial charge in [-0.2, -0.15) is 0 Å². The molecule has 0 saturated carbocycles. The maximum absolute atomic E-state index is 11.5. The topological polar surface area (TPSA) is 86.6 Å². The number of aliphatic hydroxyl groups excluding tert-OH is 1. The van der Waals surface area contributed by atoms with Crippen LogP contribution in [0.3, 0.4) is 0 Å². The third-order valence-electron chi connectivity index (χ3n) is 2.09. The summed E-state index contributed by atoms with van der Waals surface area (Å²) >= 11 is 3.27. The Morgan fingerprint density at radius 3 is 2.35 bits per heavy atom. The Labute approximate surface area is 107 Å². The van der Waals surface area contributed by atoms with E-state index in [0.29, 0.717) is 0 Å². The van der Waals surface area contributed by atoms with Crippen LogP contribution in [0, 0.1) is 0 Å². The van der Waals surface area contributed by atoms with Crippen molar-refractivity contribution < 1.29 is 19.8 Å². The number of rotatable bonds is 5. The fourth-order valence-electron chi connectivity index (χ4n) is 1.22. The minimum atomic E-state index is -1.25. The number of carbonyl (C=O) groups is 2. The molecule has 1 rings (SSSR count). The lowest BCUT2D eigenvalue weighted by Crippen LogP contribution is -2.43. The summed E-state index contributed by atoms with van der Waals surface area (Å²) in [6.45, 7) is -0.624. The van der Waals surface area contributed by atoms with Crippen molar-refractivity contribution in [3.63, 3.8) is 0 Å². The zero-order valence-corrected chi connectivity index (χ0v) is 10.5. The highest BCUT2D eigenvalue weighted by Crippen LogP contribution is 2.10. The number of carbonyl (C=O) groups excluding carboxylic acids is 1. The Morgan fingerprint density at radius 1 is 1.29 bits per heavy atom. The van der Waals surface area contributed by atoms with Crippen LogP contribution < -0.4 is 5.32 Å². The molecule has 17 heavy (non-hydrogen) atoms. The number of carboxylic acid groups (broad SMARTS) is 1. The van der Waals surface area contributed by atoms with Crippen LogP contribution in [0.15, 0.2) is 28.7 Å². The van der Waals surface area contributed by atoms with Crippen LogP contribution in [-0.4, -0.2) is 34.7 Å². The van der Waals surface area contributed by atoms with E-state index in [9.17, 15) is 9.59 Å². The highest BCUT2D eigenvalue weighted by molar-refractivity contribution is 9.10. The van der Waals surface area contributed by atoms with Gasteiger partial charge >= 0.3 is 5.97 Å². The molecule has 1 unspecified atom stereocenters. The van der Waals surface area contributed by atoms with Gasteiger partial charge in [0, 0.05) is 4.47 Å². The van der Waals surface area contributed by atoms with E-state index in [1.807, 2.05) is 0 Å². The Balaban J connectivity index is 2.54. The van der Waals surface area contributed by atoms with Gasteiger partial charge in [0.05, 0.1) is 13.0 Å². The molecule has 92 valence electrons. The standard InChI is InChI=1S/C11H12BrNO4/c12-8-3-1-7(2-4-8)5-10(15)13-9(6-14)11(16)17/h1-4,9,14H,5-6H2,(H,13,15)(H,16,17). The number of hydrogen-bond acceptors (Lipinski definition) is 3. The van der Waals surface area contributed by atoms with Gasteiger partial charge in [-0.25, -0.2) is 4.79 Å². The smallest absolute Gasteiger partial charge is 0.328 e. The highest BCUT2D eigenvalue weighted by atomic mass is 79.9. The molecule has 0 heterocycles. The largest absolute Gasteiger partial charge is 0.480 e. The molecule has 0 aliphatic rings. The number of nitrogens with one attached hydrogen (secondary N) is 1. The average Bonchev–Trinajstić information content (AvgIpc) is 2.28. The molecule has 0 fully saturated rings. The Bertz CT molecular complexity index is 404. The van der Waals surface area contributed by atoms with Crippen molar-refractivity contribution in [3.8, 4) is 0 Å². The first kappa shape index (κ1) is 13.7. The third kappa shape index (κ3) is 4.54. The summed E-state index contributed by atoms with van der Waals surface area (Å²) in [5.74, 6) is -1.69. The summed E-state index contributed by atoms with van der Waals surface area (Å²) in [6, 6.07) is 5.86. The summed E-state index contributed by atoms with van der Waals surface area (Å²) in [5.41, 5.74) is 0.771. The minimum Gasteiger partial charge on any atom is -0.480 e. The second kappa shape index (κ2) is 6.36. The molecule has 0 saturated heterocycles. The second-order valence-corrected chi connectivity index (χ2v) is 4.36. The predicted molar refractivity (Wildman–Crippen MR) is 64.5 cm³/mol. The molecule has 1 aromatic rings. The predicted octanol–water partition coefficient (Wildman–Crippen LogP) is 0.553. The molecule has 0 spiro atoms. The van der Waals surface area contributed by atoms with E-state index in [1.54, 1.807) is 24.3 Å². The third-order valence-corrected chi connectivity index (χ3v) is 2.62. The van der Waals surface area contributed by atoms with Crippen molar-refractivity contribution in [3.05, 3.63) is 34.3 Å². The van der Waals surface area contributed by atoms with E-state index in [4.69, 9.17) is 10.2 Å². The number of aliphatic hydroxyl groups is 1. The Kier molecular flexibility index (Phi) is 5.11. The number of hydrogen-bond donors (Lipinski definition) is 3. The summed E-state index contributed by atoms with van der Waals surface area (Å²) in [7, 11) is 0. The van der Waals surface area contributed by atoms with Crippen LogP contribution in [-0.2, 0) is 16.0 Å². The van der Waals surface area contributed by atoms with Gasteiger partial charge in [0.15, 0.2) is 0 Å². The average molecular weight is 302 g/mol. The maximum Gasteiger partial charge on any atom is 0.328 e. The van der Waals surface area contributed by atoms with E-state index in [1.165, 1.54) is 0 Å². The number of carboxylic acids is 1. The van der Waals surface area contributed by atoms with Crippen molar-refractivity contribution in [2.24, 2.45) is 0 Å². The SMILES string of the molecule is O=C(Cc1ccc(Br)cc1)NC(CO)C(=O)O. The molecule has 6 heteroatoms. The van der Waals surface area contributed by atoms with Crippen LogP contribution in [0.1, 0.15) is 5.56 Å². The first-order valence-corrected chi connectivity index (χ1v) is 5.69. The van der Waals surface area contributed by atoms with Crippen molar-refractivity contribution >= 4 is 27.8 Å². The van der Waals surface area contributed by atoms with Gasteiger partial charge in [-0.15, -0.1) is 0 Å².